The van der Waals surface area contributed by atoms with Gasteiger partial charge in [-0.05, 0) is 66.9 Å². The number of ether oxygens (including phenoxy) is 1. The Morgan fingerprint density at radius 1 is 0.868 bits per heavy atom. The predicted octanol–water partition coefficient (Wildman–Crippen LogP) is 4.63. The van der Waals surface area contributed by atoms with Gasteiger partial charge in [0.1, 0.15) is 11.8 Å². The van der Waals surface area contributed by atoms with Gasteiger partial charge in [-0.25, -0.2) is 4.90 Å². The maximum absolute atomic E-state index is 14.1. The lowest BCUT2D eigenvalue weighted by Gasteiger charge is -2.35. The number of imide groups is 1. The lowest BCUT2D eigenvalue weighted by atomic mass is 9.83. The molecule has 3 aromatic rings. The Morgan fingerprint density at radius 3 is 2.29 bits per heavy atom. The summed E-state index contributed by atoms with van der Waals surface area (Å²) in [7, 11) is 0. The molecule has 0 bridgehead atoms. The number of hydrogen-bond acceptors (Lipinski definition) is 6. The molecule has 3 aliphatic rings. The van der Waals surface area contributed by atoms with Crippen LogP contribution in [0.15, 0.2) is 72.9 Å². The van der Waals surface area contributed by atoms with Gasteiger partial charge in [0.15, 0.2) is 5.78 Å². The van der Waals surface area contributed by atoms with Crippen LogP contribution < -0.4 is 9.64 Å². The summed E-state index contributed by atoms with van der Waals surface area (Å²) < 4.78 is 5.11. The predicted molar refractivity (Wildman–Crippen MR) is 141 cm³/mol. The summed E-state index contributed by atoms with van der Waals surface area (Å²) in [6.07, 6.45) is 3.76. The molecule has 2 saturated heterocycles. The van der Waals surface area contributed by atoms with Crippen molar-refractivity contribution < 1.29 is 23.9 Å². The number of carbonyl (C=O) groups excluding carboxylic acids is 4. The van der Waals surface area contributed by atoms with Crippen molar-refractivity contribution in [3.05, 3.63) is 101 Å². The molecule has 6 rings (SSSR count). The van der Waals surface area contributed by atoms with Crippen LogP contribution in [0.5, 0.6) is 5.75 Å². The van der Waals surface area contributed by atoms with Gasteiger partial charge >= 0.3 is 5.97 Å². The number of ketones is 1. The van der Waals surface area contributed by atoms with Crippen molar-refractivity contribution >= 4 is 35.3 Å². The summed E-state index contributed by atoms with van der Waals surface area (Å²) >= 11 is 0. The number of amides is 2. The average Bonchev–Trinajstić information content (AvgIpc) is 3.36. The minimum Gasteiger partial charge on any atom is -0.427 e. The third-order valence-corrected chi connectivity index (χ3v) is 7.72. The van der Waals surface area contributed by atoms with Crippen molar-refractivity contribution in [1.82, 2.24) is 4.90 Å². The molecule has 0 unspecified atom stereocenters. The number of benzene rings is 3. The molecule has 3 aliphatic heterocycles. The van der Waals surface area contributed by atoms with Crippen LogP contribution in [0.4, 0.5) is 5.69 Å². The number of aryl methyl sites for hydroxylation is 2. The van der Waals surface area contributed by atoms with E-state index in [0.29, 0.717) is 17.0 Å². The van der Waals surface area contributed by atoms with Crippen molar-refractivity contribution in [2.45, 2.75) is 32.9 Å². The maximum atomic E-state index is 14.1. The van der Waals surface area contributed by atoms with E-state index < -0.39 is 29.9 Å². The quantitative estimate of drug-likeness (QED) is 0.222. The molecule has 7 nitrogen and oxygen atoms in total. The van der Waals surface area contributed by atoms with E-state index in [1.807, 2.05) is 67.4 Å². The summed E-state index contributed by atoms with van der Waals surface area (Å²) in [6, 6.07) is 18.4. The maximum Gasteiger partial charge on any atom is 0.308 e. The van der Waals surface area contributed by atoms with Crippen molar-refractivity contribution in [1.29, 1.82) is 0 Å². The SMILES string of the molecule is CC(=O)Oc1ccc(C(=O)[C@@H]2[C@@H]3C(=O)N(c4ccc(C)cc4C)C(=O)[C@@H]3[C@@H]3c4ccccc4C=CN23)cc1. The average molecular weight is 507 g/mol. The molecule has 0 spiro atoms. The Hall–Kier alpha value is -4.52. The van der Waals surface area contributed by atoms with Gasteiger partial charge in [0.2, 0.25) is 11.8 Å². The molecule has 0 aromatic heterocycles. The highest BCUT2D eigenvalue weighted by atomic mass is 16.5. The zero-order valence-electron chi connectivity index (χ0n) is 21.3. The summed E-state index contributed by atoms with van der Waals surface area (Å²) in [4.78, 5) is 56.6. The van der Waals surface area contributed by atoms with Crippen molar-refractivity contribution in [2.24, 2.45) is 11.8 Å². The number of esters is 1. The van der Waals surface area contributed by atoms with Gasteiger partial charge in [0.05, 0.1) is 23.6 Å². The van der Waals surface area contributed by atoms with E-state index in [2.05, 4.69) is 0 Å². The van der Waals surface area contributed by atoms with Crippen molar-refractivity contribution in [3.8, 4) is 5.75 Å². The van der Waals surface area contributed by atoms with Crippen LogP contribution in [0.2, 0.25) is 0 Å². The smallest absolute Gasteiger partial charge is 0.308 e. The highest BCUT2D eigenvalue weighted by Gasteiger charge is 2.64. The van der Waals surface area contributed by atoms with Crippen LogP contribution in [-0.2, 0) is 14.4 Å². The van der Waals surface area contributed by atoms with Gasteiger partial charge in [-0.1, -0.05) is 42.0 Å². The van der Waals surface area contributed by atoms with E-state index >= 15 is 0 Å². The van der Waals surface area contributed by atoms with Crippen LogP contribution in [0.3, 0.4) is 0 Å². The molecule has 7 heteroatoms. The van der Waals surface area contributed by atoms with Crippen LogP contribution in [-0.4, -0.2) is 34.5 Å². The molecule has 0 saturated carbocycles. The van der Waals surface area contributed by atoms with E-state index in [-0.39, 0.29) is 17.6 Å². The molecule has 3 heterocycles. The zero-order valence-corrected chi connectivity index (χ0v) is 21.3. The summed E-state index contributed by atoms with van der Waals surface area (Å²) in [5, 5.41) is 0. The number of nitrogens with zero attached hydrogens (tertiary/aromatic N) is 2. The molecule has 4 atom stereocenters. The normalized spacial score (nSPS) is 23.2. The van der Waals surface area contributed by atoms with Crippen molar-refractivity contribution in [3.63, 3.8) is 0 Å². The van der Waals surface area contributed by atoms with Gasteiger partial charge in [-0.3, -0.25) is 19.2 Å². The zero-order chi connectivity index (χ0) is 26.7. The highest BCUT2D eigenvalue weighted by molar-refractivity contribution is 6.25. The number of fused-ring (bicyclic) bond motifs is 5. The Balaban J connectivity index is 1.45. The minimum atomic E-state index is -0.860. The monoisotopic (exact) mass is 506 g/mol. The van der Waals surface area contributed by atoms with Gasteiger partial charge < -0.3 is 9.64 Å². The lowest BCUT2D eigenvalue weighted by molar-refractivity contribution is -0.132. The Morgan fingerprint density at radius 2 is 1.58 bits per heavy atom. The van der Waals surface area contributed by atoms with Crippen LogP contribution in [0, 0.1) is 25.7 Å². The van der Waals surface area contributed by atoms with Crippen LogP contribution in [0.1, 0.15) is 45.6 Å². The standard InChI is InChI=1S/C31H26N2O5/c1-17-8-13-24(18(2)16-17)33-30(36)25-26(31(33)37)28(29(35)21-9-11-22(12-10-21)38-19(3)34)32-15-14-20-6-4-5-7-23(20)27(25)32/h4-16,25-28H,1-3H3/t25-,26+,27-,28-/m0/s1. The lowest BCUT2D eigenvalue weighted by Crippen LogP contribution is -2.44. The molecule has 0 N–H and O–H groups in total. The number of carbonyl (C=O) groups is 4. The largest absolute Gasteiger partial charge is 0.427 e. The fourth-order valence-corrected chi connectivity index (χ4v) is 6.17. The fourth-order valence-electron chi connectivity index (χ4n) is 6.17. The van der Waals surface area contributed by atoms with Crippen LogP contribution in [0.25, 0.3) is 6.08 Å². The number of Topliss-reactive ketones (excluding diaryl/α,β-unsaturated/α-hetero) is 1. The molecule has 3 aromatic carbocycles. The molecular formula is C31H26N2O5. The minimum absolute atomic E-state index is 0.260. The summed E-state index contributed by atoms with van der Waals surface area (Å²) in [6.45, 7) is 5.15. The second-order valence-corrected chi connectivity index (χ2v) is 10.1. The topological polar surface area (TPSA) is 84.0 Å². The first-order chi connectivity index (χ1) is 18.3. The van der Waals surface area contributed by atoms with Crippen LogP contribution >= 0.6 is 0 Å². The fraction of sp³-hybridized carbons (Fsp3) is 0.226. The van der Waals surface area contributed by atoms with Gasteiger partial charge in [0.25, 0.3) is 0 Å². The third kappa shape index (κ3) is 3.57. The first-order valence-corrected chi connectivity index (χ1v) is 12.6. The summed E-state index contributed by atoms with van der Waals surface area (Å²) in [5.74, 6) is -2.58. The molecule has 38 heavy (non-hydrogen) atoms. The number of hydrogen-bond donors (Lipinski definition) is 0. The summed E-state index contributed by atoms with van der Waals surface area (Å²) in [5.41, 5.74) is 4.70. The van der Waals surface area contributed by atoms with Gasteiger partial charge in [0, 0.05) is 18.7 Å². The van der Waals surface area contributed by atoms with Crippen molar-refractivity contribution in [2.75, 3.05) is 4.90 Å². The molecule has 2 fully saturated rings. The first-order valence-electron chi connectivity index (χ1n) is 12.6. The third-order valence-electron chi connectivity index (χ3n) is 7.72. The second-order valence-electron chi connectivity index (χ2n) is 10.1. The van der Waals surface area contributed by atoms with E-state index in [1.54, 1.807) is 30.3 Å². The van der Waals surface area contributed by atoms with E-state index in [4.69, 9.17) is 4.74 Å². The Kier molecular flexibility index (Phi) is 5.52. The van der Waals surface area contributed by atoms with Gasteiger partial charge in [-0.2, -0.15) is 0 Å². The molecular weight excluding hydrogens is 480 g/mol. The second kappa shape index (κ2) is 8.80. The molecule has 0 aliphatic carbocycles. The Bertz CT molecular complexity index is 1540. The van der Waals surface area contributed by atoms with E-state index in [9.17, 15) is 19.2 Å². The number of rotatable bonds is 4. The Labute approximate surface area is 220 Å². The van der Waals surface area contributed by atoms with Gasteiger partial charge in [-0.15, -0.1) is 0 Å². The highest BCUT2D eigenvalue weighted by Crippen LogP contribution is 2.54. The molecule has 190 valence electrons. The molecule has 2 amide bonds. The first kappa shape index (κ1) is 23.9. The van der Waals surface area contributed by atoms with E-state index in [0.717, 1.165) is 22.3 Å². The van der Waals surface area contributed by atoms with E-state index in [1.165, 1.54) is 11.8 Å². The number of anilines is 1. The molecule has 0 radical (unpaired) electrons.